The van der Waals surface area contributed by atoms with E-state index in [0.29, 0.717) is 5.82 Å². The molecule has 6 nitrogen and oxygen atoms in total. The van der Waals surface area contributed by atoms with Gasteiger partial charge >= 0.3 is 0 Å². The van der Waals surface area contributed by atoms with E-state index in [0.717, 1.165) is 36.1 Å². The van der Waals surface area contributed by atoms with Crippen LogP contribution in [0.25, 0.3) is 0 Å². The summed E-state index contributed by atoms with van der Waals surface area (Å²) in [5.41, 5.74) is 3.10. The van der Waals surface area contributed by atoms with E-state index in [1.807, 2.05) is 6.92 Å². The van der Waals surface area contributed by atoms with Gasteiger partial charge in [-0.1, -0.05) is 17.7 Å². The minimum atomic E-state index is -3.46. The van der Waals surface area contributed by atoms with Crippen LogP contribution in [0.2, 0.25) is 0 Å². The number of benzene rings is 1. The molecule has 7 heteroatoms. The van der Waals surface area contributed by atoms with E-state index in [9.17, 15) is 13.2 Å². The maximum Gasteiger partial charge on any atom is 0.226 e. The second-order valence-electron chi connectivity index (χ2n) is 6.18. The molecule has 0 radical (unpaired) electrons. The Kier molecular flexibility index (Phi) is 4.45. The van der Waals surface area contributed by atoms with E-state index in [4.69, 9.17) is 0 Å². The lowest BCUT2D eigenvalue weighted by Gasteiger charge is -2.08. The summed E-state index contributed by atoms with van der Waals surface area (Å²) in [6.45, 7) is 1.90. The highest BCUT2D eigenvalue weighted by molar-refractivity contribution is 7.91. The van der Waals surface area contributed by atoms with Gasteiger partial charge in [-0.2, -0.15) is 5.10 Å². The van der Waals surface area contributed by atoms with Crippen LogP contribution >= 0.6 is 0 Å². The quantitative estimate of drug-likeness (QED) is 0.897. The van der Waals surface area contributed by atoms with Crippen molar-refractivity contribution in [3.63, 3.8) is 0 Å². The lowest BCUT2D eigenvalue weighted by atomic mass is 10.2. The molecule has 128 valence electrons. The molecule has 3 rings (SSSR count). The third-order valence-corrected chi connectivity index (χ3v) is 6.04. The van der Waals surface area contributed by atoms with Crippen molar-refractivity contribution in [2.24, 2.45) is 7.05 Å². The second-order valence-corrected chi connectivity index (χ2v) is 8.29. The molecule has 0 saturated carbocycles. The Hall–Kier alpha value is -2.15. The van der Waals surface area contributed by atoms with Crippen LogP contribution in [0.15, 0.2) is 29.2 Å². The van der Waals surface area contributed by atoms with Gasteiger partial charge in [0.1, 0.15) is 5.82 Å². The highest BCUT2D eigenvalue weighted by Crippen LogP contribution is 2.28. The molecule has 0 aliphatic heterocycles. The summed E-state index contributed by atoms with van der Waals surface area (Å²) in [4.78, 5) is 12.4. The van der Waals surface area contributed by atoms with E-state index in [-0.39, 0.29) is 23.0 Å². The van der Waals surface area contributed by atoms with Gasteiger partial charge in [-0.15, -0.1) is 0 Å². The molecule has 0 bridgehead atoms. The van der Waals surface area contributed by atoms with Gasteiger partial charge in [0, 0.05) is 19.0 Å². The number of rotatable bonds is 5. The number of nitrogens with zero attached hydrogens (tertiary/aromatic N) is 2. The first-order valence-electron chi connectivity index (χ1n) is 8.01. The fourth-order valence-electron chi connectivity index (χ4n) is 2.96. The van der Waals surface area contributed by atoms with Gasteiger partial charge in [0.15, 0.2) is 9.84 Å². The first kappa shape index (κ1) is 16.7. The van der Waals surface area contributed by atoms with E-state index < -0.39 is 9.84 Å². The Morgan fingerprint density at radius 3 is 2.67 bits per heavy atom. The van der Waals surface area contributed by atoms with Crippen molar-refractivity contribution in [3.05, 3.63) is 41.1 Å². The summed E-state index contributed by atoms with van der Waals surface area (Å²) >= 11 is 0. The van der Waals surface area contributed by atoms with Gasteiger partial charge in [0.2, 0.25) is 5.91 Å². The lowest BCUT2D eigenvalue weighted by Crippen LogP contribution is -2.19. The summed E-state index contributed by atoms with van der Waals surface area (Å²) in [5.74, 6) is 0.186. The predicted octanol–water partition coefficient (Wildman–Crippen LogP) is 2.02. The number of carbonyl (C=O) groups excluding carboxylic acids is 1. The average Bonchev–Trinajstić information content (AvgIpc) is 3.09. The van der Waals surface area contributed by atoms with Crippen LogP contribution < -0.4 is 5.32 Å². The average molecular weight is 347 g/mol. The van der Waals surface area contributed by atoms with Crippen molar-refractivity contribution in [2.45, 2.75) is 37.5 Å². The number of fused-ring (bicyclic) bond motifs is 1. The molecule has 0 spiro atoms. The summed E-state index contributed by atoms with van der Waals surface area (Å²) in [5, 5.41) is 7.21. The summed E-state index contributed by atoms with van der Waals surface area (Å²) in [7, 11) is -1.67. The van der Waals surface area contributed by atoms with Crippen LogP contribution in [0.4, 0.5) is 5.82 Å². The van der Waals surface area contributed by atoms with E-state index >= 15 is 0 Å². The summed E-state index contributed by atoms with van der Waals surface area (Å²) < 4.78 is 26.3. The lowest BCUT2D eigenvalue weighted by molar-refractivity contribution is -0.115. The van der Waals surface area contributed by atoms with Gasteiger partial charge < -0.3 is 5.32 Å². The topological polar surface area (TPSA) is 81.1 Å². The van der Waals surface area contributed by atoms with Crippen molar-refractivity contribution >= 4 is 21.6 Å². The van der Waals surface area contributed by atoms with Gasteiger partial charge in [-0.3, -0.25) is 9.48 Å². The number of carbonyl (C=O) groups is 1. The predicted molar refractivity (Wildman–Crippen MR) is 91.7 cm³/mol. The Labute approximate surface area is 141 Å². The summed E-state index contributed by atoms with van der Waals surface area (Å²) in [6, 6.07) is 6.67. The molecule has 0 atom stereocenters. The number of hydrogen-bond acceptors (Lipinski definition) is 4. The first-order valence-corrected chi connectivity index (χ1v) is 9.66. The smallest absolute Gasteiger partial charge is 0.226 e. The molecule has 0 saturated heterocycles. The standard InChI is InChI=1S/C17H21N3O3S/c1-12-6-8-13(9-7-12)24(22,23)11-10-16(21)18-17-14-4-3-5-15(14)19-20(17)2/h6-9H,3-5,10-11H2,1-2H3,(H,18,21). The van der Waals surface area contributed by atoms with Gasteiger partial charge in [-0.25, -0.2) is 8.42 Å². The van der Waals surface area contributed by atoms with Crippen LogP contribution in [0.1, 0.15) is 29.7 Å². The minimum absolute atomic E-state index is 0.0733. The zero-order valence-electron chi connectivity index (χ0n) is 13.9. The molecule has 1 aromatic heterocycles. The molecule has 1 heterocycles. The van der Waals surface area contributed by atoms with E-state index in [2.05, 4.69) is 10.4 Å². The third-order valence-electron chi connectivity index (χ3n) is 4.30. The molecule has 0 fully saturated rings. The maximum absolute atomic E-state index is 12.3. The van der Waals surface area contributed by atoms with Crippen molar-refractivity contribution < 1.29 is 13.2 Å². The number of hydrogen-bond donors (Lipinski definition) is 1. The largest absolute Gasteiger partial charge is 0.311 e. The Bertz CT molecular complexity index is 867. The van der Waals surface area contributed by atoms with E-state index in [1.54, 1.807) is 36.0 Å². The molecule has 24 heavy (non-hydrogen) atoms. The highest BCUT2D eigenvalue weighted by Gasteiger charge is 2.23. The van der Waals surface area contributed by atoms with Crippen molar-refractivity contribution in [3.8, 4) is 0 Å². The molecule has 1 aliphatic rings. The molecule has 1 aromatic carbocycles. The van der Waals surface area contributed by atoms with E-state index in [1.165, 1.54) is 0 Å². The highest BCUT2D eigenvalue weighted by atomic mass is 32.2. The number of aryl methyl sites for hydroxylation is 3. The van der Waals surface area contributed by atoms with Crippen LogP contribution in [0.3, 0.4) is 0 Å². The molecule has 1 amide bonds. The number of amides is 1. The Morgan fingerprint density at radius 2 is 1.96 bits per heavy atom. The van der Waals surface area contributed by atoms with Crippen LogP contribution in [-0.4, -0.2) is 29.9 Å². The fraction of sp³-hybridized carbons (Fsp3) is 0.412. The molecular weight excluding hydrogens is 326 g/mol. The SMILES string of the molecule is Cc1ccc(S(=O)(=O)CCC(=O)Nc2c3c(nn2C)CCC3)cc1. The molecule has 0 unspecified atom stereocenters. The molecule has 1 N–H and O–H groups in total. The molecule has 2 aromatic rings. The van der Waals surface area contributed by atoms with Crippen molar-refractivity contribution in [1.82, 2.24) is 9.78 Å². The monoisotopic (exact) mass is 347 g/mol. The van der Waals surface area contributed by atoms with Gasteiger partial charge in [0.25, 0.3) is 0 Å². The number of nitrogens with one attached hydrogen (secondary N) is 1. The maximum atomic E-state index is 12.3. The zero-order chi connectivity index (χ0) is 17.3. The van der Waals surface area contributed by atoms with Crippen molar-refractivity contribution in [1.29, 1.82) is 0 Å². The van der Waals surface area contributed by atoms with Crippen LogP contribution in [0, 0.1) is 6.92 Å². The fourth-order valence-corrected chi connectivity index (χ4v) is 4.20. The third kappa shape index (κ3) is 3.36. The van der Waals surface area contributed by atoms with Crippen molar-refractivity contribution in [2.75, 3.05) is 11.1 Å². The first-order chi connectivity index (χ1) is 11.4. The number of anilines is 1. The Balaban J connectivity index is 1.65. The van der Waals surface area contributed by atoms with Crippen LogP contribution in [0.5, 0.6) is 0 Å². The second kappa shape index (κ2) is 6.39. The Morgan fingerprint density at radius 1 is 1.25 bits per heavy atom. The summed E-state index contributed by atoms with van der Waals surface area (Å²) in [6.07, 6.45) is 2.81. The number of aromatic nitrogens is 2. The van der Waals surface area contributed by atoms with Gasteiger partial charge in [0.05, 0.1) is 16.3 Å². The molecular formula is C17H21N3O3S. The number of sulfone groups is 1. The normalized spacial score (nSPS) is 13.8. The van der Waals surface area contributed by atoms with Crippen LogP contribution in [-0.2, 0) is 34.5 Å². The van der Waals surface area contributed by atoms with Gasteiger partial charge in [-0.05, 0) is 38.3 Å². The zero-order valence-corrected chi connectivity index (χ0v) is 14.7. The minimum Gasteiger partial charge on any atom is -0.311 e. The molecule has 1 aliphatic carbocycles.